The van der Waals surface area contributed by atoms with E-state index in [1.165, 1.54) is 0 Å². The van der Waals surface area contributed by atoms with Crippen molar-refractivity contribution < 1.29 is 22.7 Å². The lowest BCUT2D eigenvalue weighted by Crippen LogP contribution is -2.55. The number of nitrogens with zero attached hydrogens (tertiary/aromatic N) is 2. The lowest BCUT2D eigenvalue weighted by Gasteiger charge is -2.21. The van der Waals surface area contributed by atoms with Crippen LogP contribution in [0.5, 0.6) is 5.88 Å². The number of carbonyl (C=O) groups excluding carboxylic acids is 2. The highest BCUT2D eigenvalue weighted by Crippen LogP contribution is 2.45. The molecule has 2 amide bonds. The molecule has 4 atom stereocenters. The molecule has 3 heterocycles. The normalized spacial score (nSPS) is 28.5. The Hall–Kier alpha value is -2.96. The third-order valence-corrected chi connectivity index (χ3v) is 10.3. The number of nitrogens with one attached hydrogen (secondary N) is 3. The number of carbonyl (C=O) groups is 2. The van der Waals surface area contributed by atoms with Crippen LogP contribution < -0.4 is 20.1 Å². The van der Waals surface area contributed by atoms with Crippen LogP contribution >= 0.6 is 11.8 Å². The van der Waals surface area contributed by atoms with Gasteiger partial charge in [-0.3, -0.25) is 14.3 Å². The number of sulfonamides is 1. The Morgan fingerprint density at radius 1 is 1.21 bits per heavy atom. The Morgan fingerprint density at radius 2 is 1.97 bits per heavy atom. The number of rotatable bonds is 9. The predicted octanol–water partition coefficient (Wildman–Crippen LogP) is 1.89. The van der Waals surface area contributed by atoms with Gasteiger partial charge in [0.1, 0.15) is 17.3 Å². The van der Waals surface area contributed by atoms with Crippen molar-refractivity contribution in [3.05, 3.63) is 48.7 Å². The van der Waals surface area contributed by atoms with Crippen molar-refractivity contribution in [3.63, 3.8) is 0 Å². The van der Waals surface area contributed by atoms with Gasteiger partial charge in [-0.15, -0.1) is 18.3 Å². The van der Waals surface area contributed by atoms with Crippen LogP contribution in [0.15, 0.2) is 43.0 Å². The van der Waals surface area contributed by atoms with Gasteiger partial charge in [0.2, 0.25) is 21.8 Å². The van der Waals surface area contributed by atoms with Gasteiger partial charge in [0.05, 0.1) is 22.3 Å². The fraction of sp³-hybridized carbons (Fsp3) is 0.462. The van der Waals surface area contributed by atoms with Crippen LogP contribution in [0.25, 0.3) is 15.9 Å². The van der Waals surface area contributed by atoms with E-state index in [1.807, 2.05) is 24.3 Å². The summed E-state index contributed by atoms with van der Waals surface area (Å²) in [6, 6.07) is 7.03. The van der Waals surface area contributed by atoms with Crippen molar-refractivity contribution in [3.8, 4) is 5.88 Å². The number of thioether (sulfide) groups is 1. The maximum absolute atomic E-state index is 13.2. The number of hydrogen-bond donors (Lipinski definition) is 3. The van der Waals surface area contributed by atoms with Crippen molar-refractivity contribution >= 4 is 49.5 Å². The third-order valence-electron chi connectivity index (χ3n) is 7.41. The molecule has 3 fully saturated rings. The highest BCUT2D eigenvalue weighted by Gasteiger charge is 2.61. The molecule has 10 nitrogen and oxygen atoms in total. The van der Waals surface area contributed by atoms with Crippen molar-refractivity contribution in [1.82, 2.24) is 25.3 Å². The third kappa shape index (κ3) is 4.80. The van der Waals surface area contributed by atoms with Crippen molar-refractivity contribution in [2.24, 2.45) is 5.92 Å². The number of benzene rings is 1. The number of para-hydroxylation sites is 2. The molecule has 1 aromatic carbocycles. The average molecular weight is 556 g/mol. The zero-order chi connectivity index (χ0) is 26.5. The first kappa shape index (κ1) is 25.3. The lowest BCUT2D eigenvalue weighted by atomic mass is 10.1. The monoisotopic (exact) mass is 555 g/mol. The van der Waals surface area contributed by atoms with E-state index in [2.05, 4.69) is 28.0 Å². The summed E-state index contributed by atoms with van der Waals surface area (Å²) < 4.78 is 33.1. The minimum Gasteiger partial charge on any atom is -0.471 e. The molecule has 2 aliphatic carbocycles. The summed E-state index contributed by atoms with van der Waals surface area (Å²) in [7, 11) is -3.73. The second kappa shape index (κ2) is 9.65. The Bertz CT molecular complexity index is 1460. The van der Waals surface area contributed by atoms with Gasteiger partial charge in [-0.2, -0.15) is 0 Å². The molecule has 1 saturated heterocycles. The van der Waals surface area contributed by atoms with E-state index >= 15 is 0 Å². The average Bonchev–Trinajstić information content (AvgIpc) is 3.76. The van der Waals surface area contributed by atoms with Gasteiger partial charge in [0, 0.05) is 29.5 Å². The second-order valence-corrected chi connectivity index (χ2v) is 13.3. The van der Waals surface area contributed by atoms with Crippen LogP contribution in [-0.4, -0.2) is 65.4 Å². The molecule has 0 bridgehead atoms. The lowest BCUT2D eigenvalue weighted by molar-refractivity contribution is -0.130. The first-order valence-corrected chi connectivity index (χ1v) is 15.3. The van der Waals surface area contributed by atoms with E-state index in [0.29, 0.717) is 43.8 Å². The van der Waals surface area contributed by atoms with Gasteiger partial charge in [0.15, 0.2) is 0 Å². The first-order valence-electron chi connectivity index (χ1n) is 12.8. The number of amides is 2. The van der Waals surface area contributed by atoms with Gasteiger partial charge in [-0.05, 0) is 37.8 Å². The zero-order valence-electron chi connectivity index (χ0n) is 20.7. The fourth-order valence-electron chi connectivity index (χ4n) is 4.98. The van der Waals surface area contributed by atoms with E-state index in [9.17, 15) is 18.0 Å². The summed E-state index contributed by atoms with van der Waals surface area (Å²) in [5, 5.41) is 5.45. The summed E-state index contributed by atoms with van der Waals surface area (Å²) in [6.45, 7) is 4.15. The summed E-state index contributed by atoms with van der Waals surface area (Å²) in [6.07, 6.45) is 6.10. The van der Waals surface area contributed by atoms with Crippen LogP contribution in [0.3, 0.4) is 0 Å². The number of fused-ring (bicyclic) bond motifs is 1. The highest BCUT2D eigenvalue weighted by atomic mass is 32.2. The van der Waals surface area contributed by atoms with Crippen LogP contribution in [0.4, 0.5) is 0 Å². The SMILES string of the molecule is C=C[C@@H]1C[C@]1(NC(=O)[C@@H]1C[C@@H](Oc2nc3ccccc3nc2C2=CCCS2)CN1)C(=O)NS(=O)(=O)C1CC1. The molecule has 38 heavy (non-hydrogen) atoms. The summed E-state index contributed by atoms with van der Waals surface area (Å²) >= 11 is 1.72. The first-order chi connectivity index (χ1) is 18.3. The molecule has 12 heteroatoms. The molecule has 0 radical (unpaired) electrons. The molecular formula is C26H29N5O5S2. The van der Waals surface area contributed by atoms with Gasteiger partial charge < -0.3 is 15.4 Å². The number of allylic oxidation sites excluding steroid dienone is 1. The molecule has 2 aromatic rings. The van der Waals surface area contributed by atoms with Gasteiger partial charge in [-0.1, -0.05) is 24.3 Å². The van der Waals surface area contributed by atoms with Crippen LogP contribution in [0.2, 0.25) is 0 Å². The molecule has 1 aromatic heterocycles. The minimum atomic E-state index is -3.73. The molecule has 3 N–H and O–H groups in total. The molecule has 2 saturated carbocycles. The van der Waals surface area contributed by atoms with Crippen LogP contribution in [0, 0.1) is 5.92 Å². The summed E-state index contributed by atoms with van der Waals surface area (Å²) in [5.74, 6) is 0.0128. The number of hydrogen-bond acceptors (Lipinski definition) is 9. The summed E-state index contributed by atoms with van der Waals surface area (Å²) in [5.41, 5.74) is 0.926. The Morgan fingerprint density at radius 3 is 2.63 bits per heavy atom. The molecular weight excluding hydrogens is 526 g/mol. The van der Waals surface area contributed by atoms with E-state index in [1.54, 1.807) is 17.8 Å². The highest BCUT2D eigenvalue weighted by molar-refractivity contribution is 8.08. The second-order valence-electron chi connectivity index (χ2n) is 10.2. The Kier molecular flexibility index (Phi) is 6.43. The van der Waals surface area contributed by atoms with E-state index in [0.717, 1.165) is 28.1 Å². The topological polar surface area (TPSA) is 139 Å². The molecule has 0 spiro atoms. The van der Waals surface area contributed by atoms with E-state index in [4.69, 9.17) is 14.7 Å². The predicted molar refractivity (Wildman–Crippen MR) is 145 cm³/mol. The quantitative estimate of drug-likeness (QED) is 0.396. The van der Waals surface area contributed by atoms with Gasteiger partial charge in [-0.25, -0.2) is 18.4 Å². The Balaban J connectivity index is 1.14. The smallest absolute Gasteiger partial charge is 0.259 e. The standard InChI is InChI=1S/C26H29N5O5S2/c1-2-15-13-26(15,25(33)31-38(34,35)17-9-10-17)30-23(32)20-12-16(14-27-20)36-24-22(21-8-5-11-37-21)28-18-6-3-4-7-19(18)29-24/h2-4,6-8,15-17,20,27H,1,5,9-14H2,(H,30,32)(H,31,33)/t15-,16-,20+,26-/m1/s1. The summed E-state index contributed by atoms with van der Waals surface area (Å²) in [4.78, 5) is 36.7. The van der Waals surface area contributed by atoms with Gasteiger partial charge in [0.25, 0.3) is 5.91 Å². The zero-order valence-corrected chi connectivity index (χ0v) is 22.3. The largest absolute Gasteiger partial charge is 0.471 e. The molecule has 0 unspecified atom stereocenters. The maximum Gasteiger partial charge on any atom is 0.259 e. The number of ether oxygens (including phenoxy) is 1. The van der Waals surface area contributed by atoms with E-state index in [-0.39, 0.29) is 17.9 Å². The minimum absolute atomic E-state index is 0.309. The molecule has 4 aliphatic rings. The molecule has 2 aliphatic heterocycles. The van der Waals surface area contributed by atoms with Crippen LogP contribution in [0.1, 0.15) is 37.8 Å². The van der Waals surface area contributed by atoms with Crippen LogP contribution in [-0.2, 0) is 19.6 Å². The van der Waals surface area contributed by atoms with Crippen molar-refractivity contribution in [1.29, 1.82) is 0 Å². The van der Waals surface area contributed by atoms with Crippen molar-refractivity contribution in [2.45, 2.75) is 55.0 Å². The number of aromatic nitrogens is 2. The fourth-order valence-corrected chi connectivity index (χ4v) is 7.31. The molecule has 200 valence electrons. The molecule has 6 rings (SSSR count). The van der Waals surface area contributed by atoms with E-state index < -0.39 is 32.8 Å². The maximum atomic E-state index is 13.2. The van der Waals surface area contributed by atoms with Crippen molar-refractivity contribution in [2.75, 3.05) is 12.3 Å². The van der Waals surface area contributed by atoms with Gasteiger partial charge >= 0.3 is 0 Å². The Labute approximate surface area is 225 Å².